The molecule has 0 saturated carbocycles. The van der Waals surface area contributed by atoms with E-state index >= 15 is 0 Å². The quantitative estimate of drug-likeness (QED) is 0.197. The summed E-state index contributed by atoms with van der Waals surface area (Å²) < 4.78 is 4.80. The summed E-state index contributed by atoms with van der Waals surface area (Å²) in [5.74, 6) is 0. The maximum atomic E-state index is 2.48. The highest BCUT2D eigenvalue weighted by atomic mass is 15.0. The van der Waals surface area contributed by atoms with Crippen LogP contribution in [0.5, 0.6) is 0 Å². The van der Waals surface area contributed by atoms with Gasteiger partial charge in [0, 0.05) is 51.2 Å². The van der Waals surface area contributed by atoms with Gasteiger partial charge in [0.15, 0.2) is 0 Å². The second-order valence-electron chi connectivity index (χ2n) is 12.2. The van der Waals surface area contributed by atoms with Crippen LogP contribution in [0.3, 0.4) is 0 Å². The number of aromatic nitrogens is 2. The molecule has 0 atom stereocenters. The van der Waals surface area contributed by atoms with Gasteiger partial charge < -0.3 is 9.13 Å². The van der Waals surface area contributed by atoms with E-state index in [1.807, 2.05) is 0 Å². The van der Waals surface area contributed by atoms with E-state index < -0.39 is 0 Å². The fourth-order valence-electron chi connectivity index (χ4n) is 7.41. The van der Waals surface area contributed by atoms with Crippen LogP contribution in [0.25, 0.3) is 72.3 Å². The molecule has 214 valence electrons. The monoisotopic (exact) mass is 576 g/mol. The van der Waals surface area contributed by atoms with Crippen LogP contribution in [-0.2, 0) is 13.5 Å². The fourth-order valence-corrected chi connectivity index (χ4v) is 7.41. The lowest BCUT2D eigenvalue weighted by Gasteiger charge is -2.17. The molecule has 2 heteroatoms. The molecule has 2 nitrogen and oxygen atoms in total. The predicted octanol–water partition coefficient (Wildman–Crippen LogP) is 11.1. The zero-order valence-electron chi connectivity index (χ0n) is 25.2. The summed E-state index contributed by atoms with van der Waals surface area (Å²) in [6.07, 6.45) is 4.50. The average Bonchev–Trinajstić information content (AvgIpc) is 3.59. The molecule has 2 heterocycles. The minimum absolute atomic E-state index is 1.01. The van der Waals surface area contributed by atoms with Gasteiger partial charge in [0.2, 0.25) is 0 Å². The van der Waals surface area contributed by atoms with E-state index in [-0.39, 0.29) is 0 Å². The molecule has 2 aromatic heterocycles. The summed E-state index contributed by atoms with van der Waals surface area (Å²) in [7, 11) is 2.17. The Labute approximate surface area is 263 Å². The largest absolute Gasteiger partial charge is 0.344 e. The molecule has 9 rings (SSSR count). The van der Waals surface area contributed by atoms with Crippen LogP contribution in [0.15, 0.2) is 146 Å². The smallest absolute Gasteiger partial charge is 0.0538 e. The Morgan fingerprint density at radius 1 is 0.444 bits per heavy atom. The molecular formula is C43H32N2. The molecule has 0 spiro atoms. The summed E-state index contributed by atoms with van der Waals surface area (Å²) >= 11 is 0. The topological polar surface area (TPSA) is 9.86 Å². The van der Waals surface area contributed by atoms with Crippen LogP contribution in [0, 0.1) is 0 Å². The van der Waals surface area contributed by atoms with Crippen molar-refractivity contribution in [3.63, 3.8) is 0 Å². The lowest BCUT2D eigenvalue weighted by molar-refractivity contribution is 0.898. The van der Waals surface area contributed by atoms with Crippen molar-refractivity contribution in [1.82, 2.24) is 9.13 Å². The van der Waals surface area contributed by atoms with Crippen molar-refractivity contribution in [3.8, 4) is 27.9 Å². The molecule has 0 radical (unpaired) electrons. The standard InChI is InChI=1S/C43H32N2/c1-44-40-21-17-31(29-11-5-2-6-12-29)25-36(40)37-27-33(18-22-41(37)44)34-20-24-43-39(28-34)38-26-32(30-13-7-3-8-14-30)19-23-42(38)45(43)35-15-9-4-10-16-35/h2-18,20-22,24-28H,19,23H2,1H3. The minimum atomic E-state index is 1.01. The highest BCUT2D eigenvalue weighted by Crippen LogP contribution is 2.41. The van der Waals surface area contributed by atoms with Gasteiger partial charge >= 0.3 is 0 Å². The molecule has 0 saturated heterocycles. The van der Waals surface area contributed by atoms with Crippen LogP contribution in [-0.4, -0.2) is 9.13 Å². The third-order valence-corrected chi connectivity index (χ3v) is 9.66. The van der Waals surface area contributed by atoms with Crippen LogP contribution < -0.4 is 0 Å². The summed E-state index contributed by atoms with van der Waals surface area (Å²) in [5.41, 5.74) is 15.4. The Morgan fingerprint density at radius 3 is 1.58 bits per heavy atom. The van der Waals surface area contributed by atoms with E-state index in [0.717, 1.165) is 12.8 Å². The number of rotatable bonds is 4. The van der Waals surface area contributed by atoms with Gasteiger partial charge in [-0.2, -0.15) is 0 Å². The molecule has 45 heavy (non-hydrogen) atoms. The minimum Gasteiger partial charge on any atom is -0.344 e. The SMILES string of the molecule is Cn1c2ccc(-c3ccccc3)cc2c2cc(-c3ccc4c(c3)c3c(n4-c4ccccc4)CCC(c4ccccc4)=C3)ccc21. The maximum Gasteiger partial charge on any atom is 0.0538 e. The van der Waals surface area contributed by atoms with Crippen molar-refractivity contribution in [3.05, 3.63) is 162 Å². The summed E-state index contributed by atoms with van der Waals surface area (Å²) in [6, 6.07) is 53.2. The lowest BCUT2D eigenvalue weighted by atomic mass is 9.91. The zero-order chi connectivity index (χ0) is 29.9. The summed E-state index contributed by atoms with van der Waals surface area (Å²) in [6.45, 7) is 0. The van der Waals surface area contributed by atoms with Gasteiger partial charge in [-0.25, -0.2) is 0 Å². The Balaban J connectivity index is 1.24. The van der Waals surface area contributed by atoms with Crippen molar-refractivity contribution < 1.29 is 0 Å². The number of hydrogen-bond acceptors (Lipinski definition) is 0. The van der Waals surface area contributed by atoms with Gasteiger partial charge in [0.05, 0.1) is 5.52 Å². The van der Waals surface area contributed by atoms with E-state index in [1.54, 1.807) is 0 Å². The number of allylic oxidation sites excluding steroid dienone is 1. The van der Waals surface area contributed by atoms with E-state index in [9.17, 15) is 0 Å². The van der Waals surface area contributed by atoms with Crippen molar-refractivity contribution >= 4 is 44.4 Å². The Hall–Kier alpha value is -5.60. The molecule has 0 N–H and O–H groups in total. The van der Waals surface area contributed by atoms with Gasteiger partial charge in [0.25, 0.3) is 0 Å². The number of nitrogens with zero attached hydrogens (tertiary/aromatic N) is 2. The van der Waals surface area contributed by atoms with E-state index in [0.29, 0.717) is 0 Å². The van der Waals surface area contributed by atoms with Gasteiger partial charge in [-0.05, 0) is 101 Å². The highest BCUT2D eigenvalue weighted by Gasteiger charge is 2.22. The van der Waals surface area contributed by atoms with Crippen LogP contribution >= 0.6 is 0 Å². The molecule has 0 aliphatic heterocycles. The summed E-state index contributed by atoms with van der Waals surface area (Å²) in [5, 5.41) is 3.89. The Bertz CT molecular complexity index is 2410. The van der Waals surface area contributed by atoms with Gasteiger partial charge in [-0.15, -0.1) is 0 Å². The van der Waals surface area contributed by atoms with Gasteiger partial charge in [-0.1, -0.05) is 97.1 Å². The molecular weight excluding hydrogens is 544 g/mol. The van der Waals surface area contributed by atoms with E-state index in [2.05, 4.69) is 168 Å². The first-order valence-electron chi connectivity index (χ1n) is 15.8. The molecule has 1 aliphatic rings. The highest BCUT2D eigenvalue weighted by molar-refractivity contribution is 6.11. The van der Waals surface area contributed by atoms with Crippen molar-refractivity contribution in [1.29, 1.82) is 0 Å². The molecule has 0 unspecified atom stereocenters. The maximum absolute atomic E-state index is 2.48. The number of fused-ring (bicyclic) bond motifs is 6. The van der Waals surface area contributed by atoms with Gasteiger partial charge in [0.1, 0.15) is 0 Å². The second-order valence-corrected chi connectivity index (χ2v) is 12.2. The number of para-hydroxylation sites is 1. The predicted molar refractivity (Wildman–Crippen MR) is 191 cm³/mol. The first-order valence-corrected chi connectivity index (χ1v) is 15.8. The van der Waals surface area contributed by atoms with Crippen molar-refractivity contribution in [2.45, 2.75) is 12.8 Å². The second kappa shape index (κ2) is 10.2. The summed E-state index contributed by atoms with van der Waals surface area (Å²) in [4.78, 5) is 0. The number of aryl methyl sites for hydroxylation is 1. The van der Waals surface area contributed by atoms with Crippen molar-refractivity contribution in [2.75, 3.05) is 0 Å². The third-order valence-electron chi connectivity index (χ3n) is 9.66. The Kier molecular flexibility index (Phi) is 5.89. The number of hydrogen-bond donors (Lipinski definition) is 0. The average molecular weight is 577 g/mol. The van der Waals surface area contributed by atoms with E-state index in [1.165, 1.54) is 83.0 Å². The molecule has 0 amide bonds. The fraction of sp³-hybridized carbons (Fsp3) is 0.0698. The molecule has 6 aromatic carbocycles. The molecule has 8 aromatic rings. The van der Waals surface area contributed by atoms with E-state index in [4.69, 9.17) is 0 Å². The lowest BCUT2D eigenvalue weighted by Crippen LogP contribution is -2.05. The van der Waals surface area contributed by atoms with Gasteiger partial charge in [-0.3, -0.25) is 0 Å². The first kappa shape index (κ1) is 25.9. The molecule has 0 fully saturated rings. The van der Waals surface area contributed by atoms with Crippen molar-refractivity contribution in [2.24, 2.45) is 7.05 Å². The zero-order valence-corrected chi connectivity index (χ0v) is 25.2. The third kappa shape index (κ3) is 4.17. The number of benzene rings is 6. The van der Waals surface area contributed by atoms with Crippen LogP contribution in [0.2, 0.25) is 0 Å². The molecule has 0 bridgehead atoms. The Morgan fingerprint density at radius 2 is 0.956 bits per heavy atom. The first-order chi connectivity index (χ1) is 22.2. The van der Waals surface area contributed by atoms with Crippen LogP contribution in [0.1, 0.15) is 23.2 Å². The normalized spacial score (nSPS) is 13.0. The van der Waals surface area contributed by atoms with Crippen LogP contribution in [0.4, 0.5) is 0 Å². The molecule has 1 aliphatic carbocycles.